The molecule has 1 N–H and O–H groups in total. The minimum absolute atomic E-state index is 0.00557. The van der Waals surface area contributed by atoms with Crippen molar-refractivity contribution in [1.82, 2.24) is 19.8 Å². The number of nitrogens with zero attached hydrogens (tertiary/aromatic N) is 3. The van der Waals surface area contributed by atoms with E-state index >= 15 is 0 Å². The topological polar surface area (TPSA) is 59.4 Å². The highest BCUT2D eigenvalue weighted by atomic mass is 16.5. The molecule has 1 amide bonds. The molecule has 0 saturated carbocycles. The first-order valence-corrected chi connectivity index (χ1v) is 7.45. The Kier molecular flexibility index (Phi) is 3.11. The maximum absolute atomic E-state index is 11.8. The summed E-state index contributed by atoms with van der Waals surface area (Å²) in [7, 11) is 1.66. The van der Waals surface area contributed by atoms with Crippen LogP contribution in [-0.2, 0) is 11.3 Å². The molecule has 2 aliphatic rings. The standard InChI is InChI=1S/C16H18N4O2/c1-22-13-4-2-12(3-5-13)20-7-6-17-15(20)10-19-9-11-8-14(19)16(21)18-11/h2-7,11,14H,8-10H2,1H3,(H,18,21)/t11-,14-/m0/s1. The molecule has 0 aliphatic carbocycles. The van der Waals surface area contributed by atoms with Gasteiger partial charge in [-0.15, -0.1) is 0 Å². The molecule has 2 fully saturated rings. The maximum Gasteiger partial charge on any atom is 0.237 e. The van der Waals surface area contributed by atoms with E-state index in [1.807, 2.05) is 30.5 Å². The molecular weight excluding hydrogens is 280 g/mol. The van der Waals surface area contributed by atoms with E-state index in [0.29, 0.717) is 12.6 Å². The summed E-state index contributed by atoms with van der Waals surface area (Å²) < 4.78 is 7.25. The quantitative estimate of drug-likeness (QED) is 0.913. The van der Waals surface area contributed by atoms with Crippen LogP contribution in [0.15, 0.2) is 36.7 Å². The van der Waals surface area contributed by atoms with E-state index in [9.17, 15) is 4.79 Å². The fourth-order valence-electron chi connectivity index (χ4n) is 3.36. The Balaban J connectivity index is 1.56. The number of piperazine rings is 1. The van der Waals surface area contributed by atoms with Crippen molar-refractivity contribution in [3.05, 3.63) is 42.5 Å². The molecule has 6 nitrogen and oxygen atoms in total. The van der Waals surface area contributed by atoms with Crippen LogP contribution in [0.3, 0.4) is 0 Å². The molecule has 22 heavy (non-hydrogen) atoms. The van der Waals surface area contributed by atoms with Crippen molar-refractivity contribution < 1.29 is 9.53 Å². The van der Waals surface area contributed by atoms with E-state index in [1.54, 1.807) is 13.3 Å². The number of hydrogen-bond acceptors (Lipinski definition) is 4. The highest BCUT2D eigenvalue weighted by Crippen LogP contribution is 2.26. The van der Waals surface area contributed by atoms with Gasteiger partial charge in [-0.25, -0.2) is 4.98 Å². The molecule has 114 valence electrons. The van der Waals surface area contributed by atoms with E-state index in [2.05, 4.69) is 19.8 Å². The van der Waals surface area contributed by atoms with Crippen LogP contribution in [-0.4, -0.2) is 46.1 Å². The molecule has 2 bridgehead atoms. The van der Waals surface area contributed by atoms with Crippen molar-refractivity contribution >= 4 is 5.91 Å². The molecular formula is C16H18N4O2. The number of methoxy groups -OCH3 is 1. The minimum Gasteiger partial charge on any atom is -0.497 e. The van der Waals surface area contributed by atoms with Crippen LogP contribution < -0.4 is 10.1 Å². The number of likely N-dealkylation sites (tertiary alicyclic amines) is 1. The molecule has 2 atom stereocenters. The van der Waals surface area contributed by atoms with E-state index in [0.717, 1.165) is 30.2 Å². The average molecular weight is 298 g/mol. The predicted octanol–water partition coefficient (Wildman–Crippen LogP) is 0.954. The number of carbonyl (C=O) groups is 1. The largest absolute Gasteiger partial charge is 0.497 e. The third-order valence-corrected chi connectivity index (χ3v) is 4.46. The molecule has 0 radical (unpaired) electrons. The van der Waals surface area contributed by atoms with E-state index in [-0.39, 0.29) is 11.9 Å². The monoisotopic (exact) mass is 298 g/mol. The molecule has 2 aliphatic heterocycles. The number of nitrogens with one attached hydrogen (secondary N) is 1. The minimum atomic E-state index is 0.00557. The Bertz CT molecular complexity index is 694. The first kappa shape index (κ1) is 13.3. The van der Waals surface area contributed by atoms with Crippen LogP contribution in [0, 0.1) is 0 Å². The Morgan fingerprint density at radius 1 is 1.36 bits per heavy atom. The summed E-state index contributed by atoms with van der Waals surface area (Å²) in [6.07, 6.45) is 4.67. The Morgan fingerprint density at radius 3 is 2.86 bits per heavy atom. The van der Waals surface area contributed by atoms with Crippen LogP contribution in [0.2, 0.25) is 0 Å². The lowest BCUT2D eigenvalue weighted by molar-refractivity contribution is -0.125. The Labute approximate surface area is 128 Å². The summed E-state index contributed by atoms with van der Waals surface area (Å²) in [5, 5.41) is 3.00. The van der Waals surface area contributed by atoms with Crippen molar-refractivity contribution in [2.45, 2.75) is 25.0 Å². The third-order valence-electron chi connectivity index (χ3n) is 4.46. The fraction of sp³-hybridized carbons (Fsp3) is 0.375. The first-order valence-electron chi connectivity index (χ1n) is 7.45. The zero-order valence-corrected chi connectivity index (χ0v) is 12.4. The lowest BCUT2D eigenvalue weighted by Gasteiger charge is -2.26. The van der Waals surface area contributed by atoms with Gasteiger partial charge < -0.3 is 14.6 Å². The van der Waals surface area contributed by atoms with Gasteiger partial charge in [-0.3, -0.25) is 9.69 Å². The normalized spacial score (nSPS) is 23.8. The van der Waals surface area contributed by atoms with Gasteiger partial charge in [0.05, 0.1) is 19.7 Å². The van der Waals surface area contributed by atoms with Crippen LogP contribution in [0.4, 0.5) is 0 Å². The summed E-state index contributed by atoms with van der Waals surface area (Å²) in [4.78, 5) is 18.5. The summed E-state index contributed by atoms with van der Waals surface area (Å²) >= 11 is 0. The van der Waals surface area contributed by atoms with Crippen molar-refractivity contribution in [3.63, 3.8) is 0 Å². The number of carbonyl (C=O) groups excluding carboxylic acids is 1. The van der Waals surface area contributed by atoms with E-state index in [1.165, 1.54) is 0 Å². The van der Waals surface area contributed by atoms with Crippen LogP contribution in [0.5, 0.6) is 5.75 Å². The highest BCUT2D eigenvalue weighted by Gasteiger charge is 2.44. The third kappa shape index (κ3) is 2.16. The van der Waals surface area contributed by atoms with Gasteiger partial charge in [-0.2, -0.15) is 0 Å². The number of fused-ring (bicyclic) bond motifs is 2. The average Bonchev–Trinajstić information content (AvgIpc) is 3.23. The lowest BCUT2D eigenvalue weighted by atomic mass is 10.2. The van der Waals surface area contributed by atoms with Crippen molar-refractivity contribution in [3.8, 4) is 11.4 Å². The lowest BCUT2D eigenvalue weighted by Crippen LogP contribution is -2.47. The van der Waals surface area contributed by atoms with Gasteiger partial charge in [-0.05, 0) is 30.7 Å². The molecule has 4 rings (SSSR count). The number of aromatic nitrogens is 2. The van der Waals surface area contributed by atoms with Crippen molar-refractivity contribution in [2.24, 2.45) is 0 Å². The molecule has 0 unspecified atom stereocenters. The van der Waals surface area contributed by atoms with Gasteiger partial charge in [-0.1, -0.05) is 0 Å². The van der Waals surface area contributed by atoms with Crippen LogP contribution in [0.25, 0.3) is 5.69 Å². The highest BCUT2D eigenvalue weighted by molar-refractivity contribution is 5.85. The summed E-state index contributed by atoms with van der Waals surface area (Å²) in [5.74, 6) is 1.93. The van der Waals surface area contributed by atoms with Crippen LogP contribution >= 0.6 is 0 Å². The maximum atomic E-state index is 11.8. The molecule has 1 aromatic heterocycles. The van der Waals surface area contributed by atoms with Crippen molar-refractivity contribution in [1.29, 1.82) is 0 Å². The molecule has 2 saturated heterocycles. The summed E-state index contributed by atoms with van der Waals surface area (Å²) in [6.45, 7) is 1.60. The zero-order chi connectivity index (χ0) is 15.1. The number of ether oxygens (including phenoxy) is 1. The molecule has 3 heterocycles. The number of amides is 1. The number of rotatable bonds is 4. The SMILES string of the molecule is COc1ccc(-n2ccnc2CN2C[C@@H]3C[C@H]2C(=O)N3)cc1. The summed E-state index contributed by atoms with van der Waals surface area (Å²) in [6, 6.07) is 8.20. The molecule has 2 aromatic rings. The van der Waals surface area contributed by atoms with Crippen LogP contribution in [0.1, 0.15) is 12.2 Å². The van der Waals surface area contributed by atoms with Gasteiger partial charge in [0.25, 0.3) is 0 Å². The Hall–Kier alpha value is -2.34. The predicted molar refractivity (Wildman–Crippen MR) is 80.9 cm³/mol. The van der Waals surface area contributed by atoms with Gasteiger partial charge in [0.2, 0.25) is 5.91 Å². The van der Waals surface area contributed by atoms with Gasteiger partial charge in [0.1, 0.15) is 11.6 Å². The number of imidazole rings is 1. The van der Waals surface area contributed by atoms with E-state index in [4.69, 9.17) is 4.74 Å². The molecule has 6 heteroatoms. The second-order valence-electron chi connectivity index (χ2n) is 5.80. The van der Waals surface area contributed by atoms with Gasteiger partial charge in [0.15, 0.2) is 0 Å². The zero-order valence-electron chi connectivity index (χ0n) is 12.4. The number of benzene rings is 1. The second kappa shape index (κ2) is 5.14. The molecule has 0 spiro atoms. The van der Waals surface area contributed by atoms with E-state index < -0.39 is 0 Å². The second-order valence-corrected chi connectivity index (χ2v) is 5.80. The van der Waals surface area contributed by atoms with Gasteiger partial charge in [0, 0.05) is 30.7 Å². The van der Waals surface area contributed by atoms with Crippen molar-refractivity contribution in [2.75, 3.05) is 13.7 Å². The smallest absolute Gasteiger partial charge is 0.237 e. The summed E-state index contributed by atoms with van der Waals surface area (Å²) in [5.41, 5.74) is 1.04. The fourth-order valence-corrected chi connectivity index (χ4v) is 3.36. The Morgan fingerprint density at radius 2 is 2.18 bits per heavy atom. The number of hydrogen-bond donors (Lipinski definition) is 1. The van der Waals surface area contributed by atoms with Gasteiger partial charge >= 0.3 is 0 Å². The first-order chi connectivity index (χ1) is 10.7. The molecule has 1 aromatic carbocycles.